The first-order chi connectivity index (χ1) is 14.5. The number of carbonyl (C=O) groups is 1. The normalized spacial score (nSPS) is 17.6. The summed E-state index contributed by atoms with van der Waals surface area (Å²) in [6.45, 7) is 3.77. The van der Waals surface area contributed by atoms with Crippen LogP contribution in [0.1, 0.15) is 55.8 Å². The number of benzene rings is 1. The van der Waals surface area contributed by atoms with Crippen molar-refractivity contribution >= 4 is 27.3 Å². The monoisotopic (exact) mass is 450 g/mol. The lowest BCUT2D eigenvalue weighted by Gasteiger charge is -2.34. The van der Waals surface area contributed by atoms with Gasteiger partial charge in [-0.2, -0.15) is 4.31 Å². The molecule has 164 valence electrons. The molecule has 3 rings (SSSR count). The Morgan fingerprint density at radius 3 is 2.73 bits per heavy atom. The van der Waals surface area contributed by atoms with Gasteiger partial charge in [-0.1, -0.05) is 25.8 Å². The Kier molecular flexibility index (Phi) is 8.30. The number of amides is 1. The molecule has 1 unspecified atom stereocenters. The molecule has 1 aliphatic heterocycles. The maximum Gasteiger partial charge on any atom is 0.252 e. The van der Waals surface area contributed by atoms with E-state index in [-0.39, 0.29) is 11.9 Å². The molecule has 0 radical (unpaired) electrons. The van der Waals surface area contributed by atoms with Crippen LogP contribution in [0.25, 0.3) is 0 Å². The van der Waals surface area contributed by atoms with Crippen LogP contribution in [-0.4, -0.2) is 44.4 Å². The molecule has 30 heavy (non-hydrogen) atoms. The first-order valence-electron chi connectivity index (χ1n) is 10.6. The van der Waals surface area contributed by atoms with Gasteiger partial charge < -0.3 is 10.1 Å². The minimum absolute atomic E-state index is 0.0829. The van der Waals surface area contributed by atoms with Crippen molar-refractivity contribution in [3.63, 3.8) is 0 Å². The van der Waals surface area contributed by atoms with Crippen LogP contribution < -0.4 is 10.1 Å². The molecule has 8 heteroatoms. The second-order valence-corrected chi connectivity index (χ2v) is 10.5. The van der Waals surface area contributed by atoms with E-state index in [9.17, 15) is 13.2 Å². The van der Waals surface area contributed by atoms with Crippen LogP contribution >= 0.6 is 11.3 Å². The molecule has 0 saturated carbocycles. The van der Waals surface area contributed by atoms with Crippen molar-refractivity contribution < 1.29 is 17.9 Å². The molecule has 2 heterocycles. The highest BCUT2D eigenvalue weighted by atomic mass is 32.2. The number of sulfonamides is 1. The predicted molar refractivity (Wildman–Crippen MR) is 120 cm³/mol. The number of nitrogens with one attached hydrogen (secondary N) is 1. The Bertz CT molecular complexity index is 896. The molecule has 0 aliphatic carbocycles. The molecule has 1 aromatic heterocycles. The van der Waals surface area contributed by atoms with E-state index in [1.54, 1.807) is 46.1 Å². The van der Waals surface area contributed by atoms with E-state index in [4.69, 9.17) is 4.74 Å². The molecule has 1 aromatic carbocycles. The SMILES string of the molecule is CCCCOc1ccc(C(=O)NCCC2CCCCN2S(=O)(=O)c2cccs2)cc1. The van der Waals surface area contributed by atoms with Crippen LogP contribution in [0.3, 0.4) is 0 Å². The van der Waals surface area contributed by atoms with Crippen molar-refractivity contribution in [2.45, 2.75) is 55.7 Å². The smallest absolute Gasteiger partial charge is 0.252 e. The number of rotatable bonds is 10. The number of carbonyl (C=O) groups excluding carboxylic acids is 1. The molecular weight excluding hydrogens is 420 g/mol. The molecule has 2 aromatic rings. The molecule has 6 nitrogen and oxygen atoms in total. The standard InChI is InChI=1S/C22H30N2O4S2/c1-2-3-16-28-20-11-9-18(10-12-20)22(25)23-14-13-19-7-4-5-15-24(19)30(26,27)21-8-6-17-29-21/h6,8-12,17,19H,2-5,7,13-16H2,1H3,(H,23,25). The average Bonchev–Trinajstić information content (AvgIpc) is 3.30. The molecule has 1 aliphatic rings. The molecule has 0 bridgehead atoms. The topological polar surface area (TPSA) is 75.7 Å². The Morgan fingerprint density at radius 1 is 1.23 bits per heavy atom. The van der Waals surface area contributed by atoms with Gasteiger partial charge in [-0.05, 0) is 61.4 Å². The lowest BCUT2D eigenvalue weighted by atomic mass is 10.0. The Labute approximate surface area is 183 Å². The Morgan fingerprint density at radius 2 is 2.03 bits per heavy atom. The molecule has 0 spiro atoms. The summed E-state index contributed by atoms with van der Waals surface area (Å²) in [4.78, 5) is 12.4. The highest BCUT2D eigenvalue weighted by Crippen LogP contribution is 2.29. The highest BCUT2D eigenvalue weighted by molar-refractivity contribution is 7.91. The van der Waals surface area contributed by atoms with E-state index in [0.717, 1.165) is 37.9 Å². The fraction of sp³-hybridized carbons (Fsp3) is 0.500. The summed E-state index contributed by atoms with van der Waals surface area (Å²) in [6, 6.07) is 10.5. The molecule has 1 amide bonds. The van der Waals surface area contributed by atoms with Crippen molar-refractivity contribution in [2.24, 2.45) is 0 Å². The third-order valence-corrected chi connectivity index (χ3v) is 8.60. The largest absolute Gasteiger partial charge is 0.494 e. The summed E-state index contributed by atoms with van der Waals surface area (Å²) in [5, 5.41) is 4.71. The van der Waals surface area contributed by atoms with Crippen molar-refractivity contribution in [3.8, 4) is 5.75 Å². The van der Waals surface area contributed by atoms with Crippen molar-refractivity contribution in [3.05, 3.63) is 47.3 Å². The number of thiophene rings is 1. The van der Waals surface area contributed by atoms with Gasteiger partial charge in [0, 0.05) is 24.7 Å². The summed E-state index contributed by atoms with van der Waals surface area (Å²) < 4.78 is 33.5. The van der Waals surface area contributed by atoms with Gasteiger partial charge in [-0.15, -0.1) is 11.3 Å². The fourth-order valence-corrected chi connectivity index (χ4v) is 6.44. The number of unbranched alkanes of at least 4 members (excludes halogenated alkanes) is 1. The van der Waals surface area contributed by atoms with E-state index in [1.807, 2.05) is 0 Å². The number of hydrogen-bond donors (Lipinski definition) is 1. The van der Waals surface area contributed by atoms with Crippen molar-refractivity contribution in [1.29, 1.82) is 0 Å². The van der Waals surface area contributed by atoms with E-state index < -0.39 is 10.0 Å². The summed E-state index contributed by atoms with van der Waals surface area (Å²) in [5.74, 6) is 0.607. The third kappa shape index (κ3) is 5.83. The minimum Gasteiger partial charge on any atom is -0.494 e. The predicted octanol–water partition coefficient (Wildman–Crippen LogP) is 4.29. The lowest BCUT2D eigenvalue weighted by molar-refractivity contribution is 0.0949. The molecule has 1 fully saturated rings. The maximum absolute atomic E-state index is 12.9. The van der Waals surface area contributed by atoms with Gasteiger partial charge in [0.25, 0.3) is 15.9 Å². The summed E-state index contributed by atoms with van der Waals surface area (Å²) in [7, 11) is -3.46. The first kappa shape index (κ1) is 22.8. The zero-order valence-corrected chi connectivity index (χ0v) is 19.0. The van der Waals surface area contributed by atoms with Crippen LogP contribution in [0.5, 0.6) is 5.75 Å². The summed E-state index contributed by atoms with van der Waals surface area (Å²) in [6.07, 6.45) is 5.39. The van der Waals surface area contributed by atoms with Crippen LogP contribution in [0.15, 0.2) is 46.0 Å². The van der Waals surface area contributed by atoms with Gasteiger partial charge in [0.1, 0.15) is 9.96 Å². The second-order valence-electron chi connectivity index (χ2n) is 7.47. The highest BCUT2D eigenvalue weighted by Gasteiger charge is 2.33. The van der Waals surface area contributed by atoms with Gasteiger partial charge in [0.15, 0.2) is 0 Å². The van der Waals surface area contributed by atoms with Gasteiger partial charge >= 0.3 is 0 Å². The van der Waals surface area contributed by atoms with Crippen molar-refractivity contribution in [1.82, 2.24) is 9.62 Å². The number of hydrogen-bond acceptors (Lipinski definition) is 5. The Hall–Kier alpha value is -1.90. The van der Waals surface area contributed by atoms with Crippen molar-refractivity contribution in [2.75, 3.05) is 19.7 Å². The lowest BCUT2D eigenvalue weighted by Crippen LogP contribution is -2.44. The van der Waals surface area contributed by atoms with Crippen LogP contribution in [-0.2, 0) is 10.0 Å². The average molecular weight is 451 g/mol. The number of nitrogens with zero attached hydrogens (tertiary/aromatic N) is 1. The quantitative estimate of drug-likeness (QED) is 0.548. The first-order valence-corrected chi connectivity index (χ1v) is 12.9. The van der Waals surface area contributed by atoms with Gasteiger partial charge in [0.2, 0.25) is 0 Å². The van der Waals surface area contributed by atoms with Crippen LogP contribution in [0.2, 0.25) is 0 Å². The molecular formula is C22H30N2O4S2. The van der Waals surface area contributed by atoms with E-state index in [2.05, 4.69) is 12.2 Å². The zero-order chi connectivity index (χ0) is 21.4. The number of ether oxygens (including phenoxy) is 1. The van der Waals surface area contributed by atoms with Gasteiger partial charge in [0.05, 0.1) is 6.61 Å². The Balaban J connectivity index is 1.52. The zero-order valence-electron chi connectivity index (χ0n) is 17.4. The fourth-order valence-electron chi connectivity index (χ4n) is 3.60. The molecule has 1 atom stereocenters. The molecule has 1 saturated heterocycles. The molecule has 1 N–H and O–H groups in total. The summed E-state index contributed by atoms with van der Waals surface area (Å²) >= 11 is 1.25. The minimum atomic E-state index is -3.46. The number of piperidine rings is 1. The van der Waals surface area contributed by atoms with E-state index in [1.165, 1.54) is 11.3 Å². The van der Waals surface area contributed by atoms with Gasteiger partial charge in [-0.25, -0.2) is 8.42 Å². The van der Waals surface area contributed by atoms with Crippen LogP contribution in [0.4, 0.5) is 0 Å². The summed E-state index contributed by atoms with van der Waals surface area (Å²) in [5.41, 5.74) is 0.574. The van der Waals surface area contributed by atoms with Crippen LogP contribution in [0, 0.1) is 0 Å². The third-order valence-electron chi connectivity index (χ3n) is 5.28. The van der Waals surface area contributed by atoms with Gasteiger partial charge in [-0.3, -0.25) is 4.79 Å². The maximum atomic E-state index is 12.9. The van der Waals surface area contributed by atoms with E-state index in [0.29, 0.717) is 35.9 Å². The second kappa shape index (κ2) is 10.9. The van der Waals surface area contributed by atoms with E-state index >= 15 is 0 Å².